The molecule has 1 saturated heterocycles. The van der Waals surface area contributed by atoms with Gasteiger partial charge in [0, 0.05) is 56.1 Å². The normalized spacial score (nSPS) is 17.4. The van der Waals surface area contributed by atoms with Gasteiger partial charge in [0.2, 0.25) is 5.91 Å². The van der Waals surface area contributed by atoms with E-state index in [1.807, 2.05) is 12.3 Å². The number of halogens is 3. The van der Waals surface area contributed by atoms with Gasteiger partial charge < -0.3 is 10.6 Å². The van der Waals surface area contributed by atoms with Crippen LogP contribution in [0.2, 0.25) is 10.0 Å². The topological polar surface area (TPSA) is 57.3 Å². The predicted molar refractivity (Wildman–Crippen MR) is 108 cm³/mol. The molecule has 26 heavy (non-hydrogen) atoms. The molecule has 1 aliphatic rings. The van der Waals surface area contributed by atoms with Crippen LogP contribution in [-0.2, 0) is 4.79 Å². The first kappa shape index (κ1) is 20.9. The summed E-state index contributed by atoms with van der Waals surface area (Å²) < 4.78 is 0. The molecule has 1 aliphatic heterocycles. The average molecular weight is 416 g/mol. The van der Waals surface area contributed by atoms with Crippen LogP contribution in [0, 0.1) is 0 Å². The van der Waals surface area contributed by atoms with Gasteiger partial charge in [-0.1, -0.05) is 29.3 Å². The number of hydrogen-bond acceptors (Lipinski definition) is 4. The molecule has 2 N–H and O–H groups in total. The minimum absolute atomic E-state index is 0. The third-order valence-corrected chi connectivity index (χ3v) is 4.82. The fourth-order valence-corrected chi connectivity index (χ4v) is 3.30. The molecule has 0 bridgehead atoms. The number of aromatic nitrogens is 1. The van der Waals surface area contributed by atoms with Crippen molar-refractivity contribution in [2.24, 2.45) is 0 Å². The number of carbonyl (C=O) groups is 1. The van der Waals surface area contributed by atoms with Crippen LogP contribution in [0.25, 0.3) is 0 Å². The van der Waals surface area contributed by atoms with E-state index in [0.717, 1.165) is 25.2 Å². The van der Waals surface area contributed by atoms with Crippen LogP contribution >= 0.6 is 35.6 Å². The summed E-state index contributed by atoms with van der Waals surface area (Å²) in [6.45, 7) is 3.34. The Labute approximate surface area is 169 Å². The van der Waals surface area contributed by atoms with Crippen LogP contribution in [0.1, 0.15) is 18.0 Å². The molecule has 5 nitrogen and oxygen atoms in total. The molecule has 1 amide bonds. The second kappa shape index (κ2) is 10.1. The van der Waals surface area contributed by atoms with Crippen molar-refractivity contribution in [3.05, 3.63) is 58.3 Å². The van der Waals surface area contributed by atoms with E-state index >= 15 is 0 Å². The summed E-state index contributed by atoms with van der Waals surface area (Å²) in [6, 6.07) is 9.27. The van der Waals surface area contributed by atoms with Gasteiger partial charge in [0.15, 0.2) is 0 Å². The molecular weight excluding hydrogens is 395 g/mol. The van der Waals surface area contributed by atoms with Crippen LogP contribution in [0.4, 0.5) is 5.69 Å². The second-order valence-electron chi connectivity index (χ2n) is 5.96. The quantitative estimate of drug-likeness (QED) is 0.780. The number of nitrogens with zero attached hydrogens (tertiary/aromatic N) is 2. The number of amides is 1. The van der Waals surface area contributed by atoms with Gasteiger partial charge in [-0.05, 0) is 29.8 Å². The smallest absolute Gasteiger partial charge is 0.225 e. The number of pyridine rings is 1. The zero-order valence-corrected chi connectivity index (χ0v) is 16.4. The molecule has 3 rings (SSSR count). The average Bonchev–Trinajstić information content (AvgIpc) is 2.64. The van der Waals surface area contributed by atoms with Gasteiger partial charge in [-0.25, -0.2) is 0 Å². The first-order chi connectivity index (χ1) is 12.1. The summed E-state index contributed by atoms with van der Waals surface area (Å²) in [4.78, 5) is 18.8. The number of carbonyl (C=O) groups excluding carboxylic acids is 1. The molecule has 1 aromatic heterocycles. The Balaban J connectivity index is 0.00000243. The first-order valence-corrected chi connectivity index (χ1v) is 8.98. The van der Waals surface area contributed by atoms with E-state index in [2.05, 4.69) is 26.6 Å². The third-order valence-electron chi connectivity index (χ3n) is 4.25. The maximum absolute atomic E-state index is 12.3. The van der Waals surface area contributed by atoms with Gasteiger partial charge in [-0.3, -0.25) is 14.7 Å². The number of rotatable bonds is 5. The van der Waals surface area contributed by atoms with Crippen molar-refractivity contribution in [3.8, 4) is 0 Å². The van der Waals surface area contributed by atoms with Crippen molar-refractivity contribution in [1.82, 2.24) is 15.2 Å². The second-order valence-corrected chi connectivity index (χ2v) is 6.81. The summed E-state index contributed by atoms with van der Waals surface area (Å²) in [5, 5.41) is 7.26. The highest BCUT2D eigenvalue weighted by Gasteiger charge is 2.24. The molecule has 1 fully saturated rings. The fraction of sp³-hybridized carbons (Fsp3) is 0.333. The molecular formula is C18H21Cl3N4O. The van der Waals surface area contributed by atoms with E-state index in [9.17, 15) is 4.79 Å². The molecule has 0 spiro atoms. The molecule has 2 heterocycles. The molecule has 1 aromatic carbocycles. The molecule has 2 aromatic rings. The number of anilines is 1. The standard InChI is InChI=1S/C18H20Cl2N4O.ClH/c19-14-3-4-15(20)16(10-14)23-18(25)5-8-24-9-7-22-12-17(24)13-2-1-6-21-11-13;/h1-4,6,10-11,17,22H,5,7-9,12H2,(H,23,25);1H. The summed E-state index contributed by atoms with van der Waals surface area (Å²) in [5.41, 5.74) is 1.70. The summed E-state index contributed by atoms with van der Waals surface area (Å²) >= 11 is 12.0. The number of piperazine rings is 1. The molecule has 0 saturated carbocycles. The van der Waals surface area contributed by atoms with Crippen molar-refractivity contribution in [2.75, 3.05) is 31.5 Å². The first-order valence-electron chi connectivity index (χ1n) is 8.23. The van der Waals surface area contributed by atoms with E-state index in [4.69, 9.17) is 23.2 Å². The van der Waals surface area contributed by atoms with Crippen molar-refractivity contribution >= 4 is 47.2 Å². The van der Waals surface area contributed by atoms with Crippen molar-refractivity contribution in [2.45, 2.75) is 12.5 Å². The zero-order valence-electron chi connectivity index (χ0n) is 14.1. The zero-order chi connectivity index (χ0) is 17.6. The Morgan fingerprint density at radius 1 is 1.35 bits per heavy atom. The highest BCUT2D eigenvalue weighted by molar-refractivity contribution is 6.35. The van der Waals surface area contributed by atoms with Gasteiger partial charge in [-0.2, -0.15) is 0 Å². The lowest BCUT2D eigenvalue weighted by molar-refractivity contribution is -0.116. The molecule has 1 unspecified atom stereocenters. The van der Waals surface area contributed by atoms with Crippen LogP contribution in [-0.4, -0.2) is 42.0 Å². The molecule has 0 aliphatic carbocycles. The maximum atomic E-state index is 12.3. The van der Waals surface area contributed by atoms with Crippen molar-refractivity contribution in [3.63, 3.8) is 0 Å². The lowest BCUT2D eigenvalue weighted by atomic mass is 10.1. The minimum Gasteiger partial charge on any atom is -0.325 e. The van der Waals surface area contributed by atoms with E-state index in [-0.39, 0.29) is 24.4 Å². The summed E-state index contributed by atoms with van der Waals surface area (Å²) in [5.74, 6) is -0.0763. The Bertz CT molecular complexity index is 730. The highest BCUT2D eigenvalue weighted by Crippen LogP contribution is 2.26. The van der Waals surface area contributed by atoms with E-state index in [1.165, 1.54) is 0 Å². The number of benzene rings is 1. The van der Waals surface area contributed by atoms with Gasteiger partial charge in [0.25, 0.3) is 0 Å². The predicted octanol–water partition coefficient (Wildman–Crippen LogP) is 3.79. The summed E-state index contributed by atoms with van der Waals surface area (Å²) in [6.07, 6.45) is 4.04. The molecule has 140 valence electrons. The maximum Gasteiger partial charge on any atom is 0.225 e. The van der Waals surface area contributed by atoms with E-state index in [0.29, 0.717) is 28.7 Å². The fourth-order valence-electron chi connectivity index (χ4n) is 2.97. The minimum atomic E-state index is -0.0763. The monoisotopic (exact) mass is 414 g/mol. The Hall–Kier alpha value is -1.37. The number of nitrogens with one attached hydrogen (secondary N) is 2. The van der Waals surface area contributed by atoms with Crippen molar-refractivity contribution in [1.29, 1.82) is 0 Å². The van der Waals surface area contributed by atoms with Crippen molar-refractivity contribution < 1.29 is 4.79 Å². The van der Waals surface area contributed by atoms with E-state index in [1.54, 1.807) is 24.4 Å². The van der Waals surface area contributed by atoms with Crippen LogP contribution in [0.5, 0.6) is 0 Å². The lowest BCUT2D eigenvalue weighted by Crippen LogP contribution is -2.46. The van der Waals surface area contributed by atoms with Crippen LogP contribution in [0.15, 0.2) is 42.7 Å². The van der Waals surface area contributed by atoms with Gasteiger partial charge in [-0.15, -0.1) is 12.4 Å². The van der Waals surface area contributed by atoms with Crippen LogP contribution < -0.4 is 10.6 Å². The Kier molecular flexibility index (Phi) is 8.13. The Morgan fingerprint density at radius 2 is 2.19 bits per heavy atom. The lowest BCUT2D eigenvalue weighted by Gasteiger charge is -2.36. The largest absolute Gasteiger partial charge is 0.325 e. The van der Waals surface area contributed by atoms with E-state index < -0.39 is 0 Å². The third kappa shape index (κ3) is 5.56. The number of hydrogen-bond donors (Lipinski definition) is 2. The SMILES string of the molecule is Cl.O=C(CCN1CCNCC1c1cccnc1)Nc1cc(Cl)ccc1Cl. The molecule has 1 atom stereocenters. The summed E-state index contributed by atoms with van der Waals surface area (Å²) in [7, 11) is 0. The van der Waals surface area contributed by atoms with Crippen LogP contribution in [0.3, 0.4) is 0 Å². The molecule has 8 heteroatoms. The van der Waals surface area contributed by atoms with Gasteiger partial charge in [0.05, 0.1) is 10.7 Å². The van der Waals surface area contributed by atoms with Gasteiger partial charge >= 0.3 is 0 Å². The molecule has 0 radical (unpaired) electrons. The Morgan fingerprint density at radius 3 is 2.96 bits per heavy atom. The van der Waals surface area contributed by atoms with Gasteiger partial charge in [0.1, 0.15) is 0 Å². The highest BCUT2D eigenvalue weighted by atomic mass is 35.5.